The number of hydrogen-bond donors (Lipinski definition) is 0. The van der Waals surface area contributed by atoms with E-state index in [0.29, 0.717) is 19.5 Å². The van der Waals surface area contributed by atoms with Crippen molar-refractivity contribution in [2.24, 2.45) is 0 Å². The van der Waals surface area contributed by atoms with Crippen molar-refractivity contribution in [2.45, 2.75) is 39.0 Å². The molecule has 0 aromatic carbocycles. The van der Waals surface area contributed by atoms with Crippen molar-refractivity contribution in [3.8, 4) is 0 Å². The van der Waals surface area contributed by atoms with Gasteiger partial charge in [0.05, 0.1) is 19.2 Å². The first kappa shape index (κ1) is 12.2. The normalized spacial score (nSPS) is 19.9. The van der Waals surface area contributed by atoms with Crippen LogP contribution in [0.25, 0.3) is 0 Å². The molecule has 2 heterocycles. The number of amides is 1. The molecule has 0 bridgehead atoms. The molecule has 1 amide bonds. The Morgan fingerprint density at radius 3 is 3.06 bits per heavy atom. The maximum absolute atomic E-state index is 12.0. The zero-order chi connectivity index (χ0) is 12.3. The summed E-state index contributed by atoms with van der Waals surface area (Å²) >= 11 is 0. The highest BCUT2D eigenvalue weighted by molar-refractivity contribution is 5.76. The third-order valence-electron chi connectivity index (χ3n) is 3.25. The van der Waals surface area contributed by atoms with Crippen molar-refractivity contribution in [1.29, 1.82) is 0 Å². The van der Waals surface area contributed by atoms with Gasteiger partial charge in [-0.25, -0.2) is 0 Å². The van der Waals surface area contributed by atoms with Gasteiger partial charge >= 0.3 is 0 Å². The van der Waals surface area contributed by atoms with Crippen molar-refractivity contribution in [3.63, 3.8) is 0 Å². The van der Waals surface area contributed by atoms with E-state index in [2.05, 4.69) is 16.8 Å². The van der Waals surface area contributed by atoms with Crippen LogP contribution in [-0.4, -0.2) is 35.1 Å². The van der Waals surface area contributed by atoms with E-state index >= 15 is 0 Å². The molecule has 4 nitrogen and oxygen atoms in total. The number of rotatable bonds is 3. The zero-order valence-corrected chi connectivity index (χ0v) is 10.6. The first-order chi connectivity index (χ1) is 8.24. The maximum atomic E-state index is 12.0. The molecule has 0 saturated carbocycles. The predicted octanol–water partition coefficient (Wildman–Crippen LogP) is 1.65. The SMILES string of the molecule is CCCC(=O)N1Cc2cccn2C[C@@H](OC)C1. The van der Waals surface area contributed by atoms with Gasteiger partial charge in [-0.15, -0.1) is 0 Å². The lowest BCUT2D eigenvalue weighted by atomic mass is 10.2. The molecule has 0 saturated heterocycles. The van der Waals surface area contributed by atoms with E-state index in [9.17, 15) is 4.79 Å². The number of aromatic nitrogens is 1. The number of hydrogen-bond acceptors (Lipinski definition) is 2. The first-order valence-corrected chi connectivity index (χ1v) is 6.19. The van der Waals surface area contributed by atoms with Crippen LogP contribution in [0.3, 0.4) is 0 Å². The average molecular weight is 236 g/mol. The third kappa shape index (κ3) is 2.69. The van der Waals surface area contributed by atoms with Gasteiger partial charge in [0, 0.05) is 32.0 Å². The van der Waals surface area contributed by atoms with Crippen molar-refractivity contribution in [3.05, 3.63) is 24.0 Å². The summed E-state index contributed by atoms with van der Waals surface area (Å²) in [5, 5.41) is 0. The Balaban J connectivity index is 2.16. The van der Waals surface area contributed by atoms with Gasteiger partial charge < -0.3 is 14.2 Å². The van der Waals surface area contributed by atoms with Crippen molar-refractivity contribution < 1.29 is 9.53 Å². The number of ether oxygens (including phenoxy) is 1. The number of fused-ring (bicyclic) bond motifs is 1. The lowest BCUT2D eigenvalue weighted by Crippen LogP contribution is -2.36. The molecule has 4 heteroatoms. The van der Waals surface area contributed by atoms with Gasteiger partial charge in [0.15, 0.2) is 0 Å². The van der Waals surface area contributed by atoms with Crippen LogP contribution in [0.4, 0.5) is 0 Å². The highest BCUT2D eigenvalue weighted by Crippen LogP contribution is 2.16. The summed E-state index contributed by atoms with van der Waals surface area (Å²) in [6.45, 7) is 4.25. The second-order valence-corrected chi connectivity index (χ2v) is 4.53. The highest BCUT2D eigenvalue weighted by Gasteiger charge is 2.23. The predicted molar refractivity (Wildman–Crippen MR) is 65.6 cm³/mol. The molecule has 1 aromatic rings. The van der Waals surface area contributed by atoms with Gasteiger partial charge in [-0.05, 0) is 18.6 Å². The van der Waals surface area contributed by atoms with Crippen molar-refractivity contribution in [1.82, 2.24) is 9.47 Å². The van der Waals surface area contributed by atoms with Gasteiger partial charge in [-0.1, -0.05) is 6.92 Å². The molecule has 0 unspecified atom stereocenters. The fraction of sp³-hybridized carbons (Fsp3) is 0.615. The summed E-state index contributed by atoms with van der Waals surface area (Å²) < 4.78 is 7.62. The minimum atomic E-state index is 0.0875. The van der Waals surface area contributed by atoms with E-state index in [1.807, 2.05) is 17.9 Å². The van der Waals surface area contributed by atoms with Crippen molar-refractivity contribution in [2.75, 3.05) is 13.7 Å². The Labute approximate surface area is 102 Å². The van der Waals surface area contributed by atoms with Crippen molar-refractivity contribution >= 4 is 5.91 Å². The fourth-order valence-electron chi connectivity index (χ4n) is 2.27. The molecule has 2 rings (SSSR count). The molecule has 17 heavy (non-hydrogen) atoms. The lowest BCUT2D eigenvalue weighted by Gasteiger charge is -2.23. The number of methoxy groups -OCH3 is 1. The van der Waals surface area contributed by atoms with Gasteiger partial charge in [-0.2, -0.15) is 0 Å². The standard InChI is InChI=1S/C13H20N2O2/c1-3-5-13(16)15-8-11-6-4-7-14(11)9-12(10-15)17-2/h4,6-7,12H,3,5,8-10H2,1-2H3/t12-/m1/s1. The van der Waals surface area contributed by atoms with Crippen LogP contribution in [0, 0.1) is 0 Å². The van der Waals surface area contributed by atoms with E-state index in [1.165, 1.54) is 5.69 Å². The monoisotopic (exact) mass is 236 g/mol. The van der Waals surface area contributed by atoms with Crippen LogP contribution in [0.1, 0.15) is 25.5 Å². The van der Waals surface area contributed by atoms with Crippen LogP contribution in [0.15, 0.2) is 18.3 Å². The van der Waals surface area contributed by atoms with E-state index in [0.717, 1.165) is 13.0 Å². The maximum Gasteiger partial charge on any atom is 0.222 e. The largest absolute Gasteiger partial charge is 0.378 e. The molecule has 1 aliphatic rings. The first-order valence-electron chi connectivity index (χ1n) is 6.19. The van der Waals surface area contributed by atoms with Crippen LogP contribution >= 0.6 is 0 Å². The van der Waals surface area contributed by atoms with Crippen LogP contribution in [0.5, 0.6) is 0 Å². The van der Waals surface area contributed by atoms with Gasteiger partial charge in [0.2, 0.25) is 5.91 Å². The third-order valence-corrected chi connectivity index (χ3v) is 3.25. The van der Waals surface area contributed by atoms with E-state index in [1.54, 1.807) is 7.11 Å². The smallest absolute Gasteiger partial charge is 0.222 e. The van der Waals surface area contributed by atoms with Crippen LogP contribution in [-0.2, 0) is 22.6 Å². The van der Waals surface area contributed by atoms with Gasteiger partial charge in [0.25, 0.3) is 0 Å². The van der Waals surface area contributed by atoms with E-state index < -0.39 is 0 Å². The summed E-state index contributed by atoms with van der Waals surface area (Å²) in [7, 11) is 1.71. The number of carbonyl (C=O) groups is 1. The second kappa shape index (κ2) is 5.36. The Bertz CT molecular complexity index is 387. The molecule has 0 N–H and O–H groups in total. The van der Waals surface area contributed by atoms with Crippen LogP contribution < -0.4 is 0 Å². The molecule has 1 aliphatic heterocycles. The molecule has 94 valence electrons. The van der Waals surface area contributed by atoms with Gasteiger partial charge in [-0.3, -0.25) is 4.79 Å². The Morgan fingerprint density at radius 1 is 1.53 bits per heavy atom. The summed E-state index contributed by atoms with van der Waals surface area (Å²) in [5.74, 6) is 0.226. The summed E-state index contributed by atoms with van der Waals surface area (Å²) in [4.78, 5) is 13.9. The Kier molecular flexibility index (Phi) is 3.84. The topological polar surface area (TPSA) is 34.5 Å². The Hall–Kier alpha value is -1.29. The second-order valence-electron chi connectivity index (χ2n) is 4.53. The summed E-state index contributed by atoms with van der Waals surface area (Å²) in [6.07, 6.45) is 3.66. The fourth-order valence-corrected chi connectivity index (χ4v) is 2.27. The zero-order valence-electron chi connectivity index (χ0n) is 10.6. The summed E-state index contributed by atoms with van der Waals surface area (Å²) in [5.41, 5.74) is 1.19. The lowest BCUT2D eigenvalue weighted by molar-refractivity contribution is -0.133. The number of carbonyl (C=O) groups excluding carboxylic acids is 1. The van der Waals surface area contributed by atoms with E-state index in [4.69, 9.17) is 4.74 Å². The highest BCUT2D eigenvalue weighted by atomic mass is 16.5. The molecule has 1 aromatic heterocycles. The van der Waals surface area contributed by atoms with Crippen LogP contribution in [0.2, 0.25) is 0 Å². The molecular formula is C13H20N2O2. The minimum Gasteiger partial charge on any atom is -0.378 e. The summed E-state index contributed by atoms with van der Waals surface area (Å²) in [6, 6.07) is 4.10. The molecule has 1 atom stereocenters. The molecule has 0 fully saturated rings. The Morgan fingerprint density at radius 2 is 2.35 bits per heavy atom. The van der Waals surface area contributed by atoms with E-state index in [-0.39, 0.29) is 12.0 Å². The molecule has 0 radical (unpaired) electrons. The minimum absolute atomic E-state index is 0.0875. The average Bonchev–Trinajstić information content (AvgIpc) is 2.67. The number of nitrogens with zero attached hydrogens (tertiary/aromatic N) is 2. The molecular weight excluding hydrogens is 216 g/mol. The molecule has 0 aliphatic carbocycles. The molecule has 0 spiro atoms. The quantitative estimate of drug-likeness (QED) is 0.799. The van der Waals surface area contributed by atoms with Gasteiger partial charge in [0.1, 0.15) is 0 Å².